The first kappa shape index (κ1) is 17.7. The lowest BCUT2D eigenvalue weighted by Crippen LogP contribution is -2.50. The highest BCUT2D eigenvalue weighted by Crippen LogP contribution is 2.41. The van der Waals surface area contributed by atoms with Crippen LogP contribution in [0.2, 0.25) is 0 Å². The Labute approximate surface area is 153 Å². The van der Waals surface area contributed by atoms with E-state index in [1.165, 1.54) is 12.1 Å². The second-order valence-electron chi connectivity index (χ2n) is 6.36. The van der Waals surface area contributed by atoms with Crippen molar-refractivity contribution < 1.29 is 14.0 Å². The zero-order valence-electron chi connectivity index (χ0n) is 13.8. The van der Waals surface area contributed by atoms with Gasteiger partial charge < -0.3 is 4.57 Å². The molecule has 1 heterocycles. The van der Waals surface area contributed by atoms with Gasteiger partial charge in [0, 0.05) is 17.7 Å². The SMILES string of the molecule is Cn1cc(Br)cc1C(=O)NNC(=O)C1(c2ccc(F)cc2)CCCC1. The van der Waals surface area contributed by atoms with Crippen LogP contribution >= 0.6 is 15.9 Å². The first-order chi connectivity index (χ1) is 11.9. The van der Waals surface area contributed by atoms with E-state index in [2.05, 4.69) is 26.8 Å². The summed E-state index contributed by atoms with van der Waals surface area (Å²) < 4.78 is 15.7. The number of benzene rings is 1. The number of carbonyl (C=O) groups excluding carboxylic acids is 2. The van der Waals surface area contributed by atoms with Gasteiger partial charge in [-0.05, 0) is 52.5 Å². The molecule has 0 atom stereocenters. The summed E-state index contributed by atoms with van der Waals surface area (Å²) in [4.78, 5) is 25.1. The Hall–Kier alpha value is -2.15. The average Bonchev–Trinajstić information content (AvgIpc) is 3.20. The predicted molar refractivity (Wildman–Crippen MR) is 95.3 cm³/mol. The smallest absolute Gasteiger partial charge is 0.286 e. The van der Waals surface area contributed by atoms with Crippen molar-refractivity contribution in [3.05, 3.63) is 58.1 Å². The van der Waals surface area contributed by atoms with Crippen LogP contribution in [-0.2, 0) is 17.3 Å². The van der Waals surface area contributed by atoms with E-state index in [0.29, 0.717) is 18.5 Å². The Bertz CT molecular complexity index is 795. The summed E-state index contributed by atoms with van der Waals surface area (Å²) in [7, 11) is 1.75. The lowest BCUT2D eigenvalue weighted by Gasteiger charge is -2.28. The van der Waals surface area contributed by atoms with Gasteiger partial charge in [-0.2, -0.15) is 0 Å². The fraction of sp³-hybridized carbons (Fsp3) is 0.333. The maximum absolute atomic E-state index is 13.2. The van der Waals surface area contributed by atoms with E-state index < -0.39 is 11.3 Å². The van der Waals surface area contributed by atoms with Crippen LogP contribution in [0.5, 0.6) is 0 Å². The molecule has 1 aromatic heterocycles. The molecule has 1 fully saturated rings. The minimum Gasteiger partial charge on any atom is -0.345 e. The lowest BCUT2D eigenvalue weighted by molar-refractivity contribution is -0.127. The first-order valence-corrected chi connectivity index (χ1v) is 8.90. The number of nitrogens with one attached hydrogen (secondary N) is 2. The fourth-order valence-electron chi connectivity index (χ4n) is 3.44. The molecule has 2 amide bonds. The summed E-state index contributed by atoms with van der Waals surface area (Å²) in [6, 6.07) is 7.70. The molecule has 0 aliphatic heterocycles. The van der Waals surface area contributed by atoms with Crippen molar-refractivity contribution in [1.82, 2.24) is 15.4 Å². The molecule has 0 radical (unpaired) electrons. The molecule has 2 N–H and O–H groups in total. The Balaban J connectivity index is 1.75. The summed E-state index contributed by atoms with van der Waals surface area (Å²) in [6.45, 7) is 0. The quantitative estimate of drug-likeness (QED) is 0.767. The van der Waals surface area contributed by atoms with Gasteiger partial charge in [0.1, 0.15) is 11.5 Å². The number of aromatic nitrogens is 1. The number of amides is 2. The number of aryl methyl sites for hydroxylation is 1. The number of hydrazine groups is 1. The Morgan fingerprint density at radius 3 is 2.36 bits per heavy atom. The third-order valence-electron chi connectivity index (χ3n) is 4.78. The van der Waals surface area contributed by atoms with Crippen molar-refractivity contribution in [2.75, 3.05) is 0 Å². The predicted octanol–water partition coefficient (Wildman–Crippen LogP) is 3.20. The van der Waals surface area contributed by atoms with Gasteiger partial charge in [-0.25, -0.2) is 4.39 Å². The van der Waals surface area contributed by atoms with Gasteiger partial charge in [-0.15, -0.1) is 0 Å². The highest BCUT2D eigenvalue weighted by Gasteiger charge is 2.42. The molecule has 1 aliphatic rings. The van der Waals surface area contributed by atoms with Crippen molar-refractivity contribution in [3.8, 4) is 0 Å². The van der Waals surface area contributed by atoms with Gasteiger partial charge in [0.25, 0.3) is 5.91 Å². The van der Waals surface area contributed by atoms with Crippen LogP contribution in [0.15, 0.2) is 41.0 Å². The molecular weight excluding hydrogens is 389 g/mol. The van der Waals surface area contributed by atoms with E-state index in [9.17, 15) is 14.0 Å². The second kappa shape index (κ2) is 7.00. The van der Waals surface area contributed by atoms with Crippen molar-refractivity contribution in [2.24, 2.45) is 7.05 Å². The largest absolute Gasteiger partial charge is 0.345 e. The van der Waals surface area contributed by atoms with Crippen LogP contribution in [0.4, 0.5) is 4.39 Å². The molecule has 2 aromatic rings. The molecular formula is C18H19BrFN3O2. The summed E-state index contributed by atoms with van der Waals surface area (Å²) in [5.74, 6) is -0.994. The number of halogens is 2. The van der Waals surface area contributed by atoms with Gasteiger partial charge in [-0.1, -0.05) is 25.0 Å². The van der Waals surface area contributed by atoms with Crippen LogP contribution < -0.4 is 10.9 Å². The monoisotopic (exact) mass is 407 g/mol. The number of hydrogen-bond donors (Lipinski definition) is 2. The summed E-state index contributed by atoms with van der Waals surface area (Å²) in [5, 5.41) is 0. The molecule has 25 heavy (non-hydrogen) atoms. The molecule has 7 heteroatoms. The second-order valence-corrected chi connectivity index (χ2v) is 7.27. The van der Waals surface area contributed by atoms with E-state index in [4.69, 9.17) is 0 Å². The van der Waals surface area contributed by atoms with E-state index in [-0.39, 0.29) is 11.7 Å². The highest BCUT2D eigenvalue weighted by molar-refractivity contribution is 9.10. The van der Waals surface area contributed by atoms with E-state index in [0.717, 1.165) is 22.9 Å². The molecule has 1 saturated carbocycles. The number of rotatable bonds is 3. The third-order valence-corrected chi connectivity index (χ3v) is 5.22. The van der Waals surface area contributed by atoms with Crippen LogP contribution in [0.25, 0.3) is 0 Å². The molecule has 132 valence electrons. The molecule has 1 aromatic carbocycles. The number of carbonyl (C=O) groups is 2. The molecule has 0 saturated heterocycles. The van der Waals surface area contributed by atoms with E-state index in [1.807, 2.05) is 0 Å². The standard InChI is InChI=1S/C18H19BrFN3O2/c1-23-11-13(19)10-15(23)16(24)21-22-17(25)18(8-2-3-9-18)12-4-6-14(20)7-5-12/h4-7,10-11H,2-3,8-9H2,1H3,(H,21,24)(H,22,25). The third kappa shape index (κ3) is 3.46. The van der Waals surface area contributed by atoms with Crippen molar-refractivity contribution in [3.63, 3.8) is 0 Å². The Morgan fingerprint density at radius 1 is 1.16 bits per heavy atom. The van der Waals surface area contributed by atoms with Crippen LogP contribution in [0, 0.1) is 5.82 Å². The molecule has 0 unspecified atom stereocenters. The lowest BCUT2D eigenvalue weighted by atomic mass is 9.78. The molecule has 0 bridgehead atoms. The highest BCUT2D eigenvalue weighted by atomic mass is 79.9. The zero-order valence-corrected chi connectivity index (χ0v) is 15.4. The molecule has 5 nitrogen and oxygen atoms in total. The number of nitrogens with zero attached hydrogens (tertiary/aromatic N) is 1. The van der Waals surface area contributed by atoms with Crippen molar-refractivity contribution in [2.45, 2.75) is 31.1 Å². The maximum Gasteiger partial charge on any atom is 0.286 e. The molecule has 0 spiro atoms. The van der Waals surface area contributed by atoms with Gasteiger partial charge in [0.15, 0.2) is 0 Å². The summed E-state index contributed by atoms with van der Waals surface area (Å²) in [6.07, 6.45) is 4.95. The minimum atomic E-state index is -0.726. The van der Waals surface area contributed by atoms with Gasteiger partial charge in [-0.3, -0.25) is 20.4 Å². The topological polar surface area (TPSA) is 63.1 Å². The molecule has 3 rings (SSSR count). The minimum absolute atomic E-state index is 0.266. The van der Waals surface area contributed by atoms with Gasteiger partial charge >= 0.3 is 0 Å². The van der Waals surface area contributed by atoms with Crippen molar-refractivity contribution >= 4 is 27.7 Å². The number of hydrogen-bond acceptors (Lipinski definition) is 2. The Morgan fingerprint density at radius 2 is 1.80 bits per heavy atom. The zero-order chi connectivity index (χ0) is 18.0. The normalized spacial score (nSPS) is 15.8. The van der Waals surface area contributed by atoms with Crippen molar-refractivity contribution in [1.29, 1.82) is 0 Å². The van der Waals surface area contributed by atoms with E-state index >= 15 is 0 Å². The first-order valence-electron chi connectivity index (χ1n) is 8.11. The van der Waals surface area contributed by atoms with Crippen LogP contribution in [0.3, 0.4) is 0 Å². The van der Waals surface area contributed by atoms with Crippen LogP contribution in [0.1, 0.15) is 41.7 Å². The van der Waals surface area contributed by atoms with Gasteiger partial charge in [0.2, 0.25) is 5.91 Å². The summed E-state index contributed by atoms with van der Waals surface area (Å²) >= 11 is 3.31. The average molecular weight is 408 g/mol. The van der Waals surface area contributed by atoms with E-state index in [1.54, 1.807) is 36.0 Å². The fourth-order valence-corrected chi connectivity index (χ4v) is 3.97. The van der Waals surface area contributed by atoms with Gasteiger partial charge in [0.05, 0.1) is 5.41 Å². The maximum atomic E-state index is 13.2. The van der Waals surface area contributed by atoms with Crippen LogP contribution in [-0.4, -0.2) is 16.4 Å². The summed E-state index contributed by atoms with van der Waals surface area (Å²) in [5.41, 5.74) is 5.51. The molecule has 1 aliphatic carbocycles. The Kier molecular flexibility index (Phi) is 4.94.